The molecule has 0 aliphatic rings. The molecule has 1 aromatic carbocycles. The molecule has 0 N–H and O–H groups in total. The molecule has 0 bridgehead atoms. The van der Waals surface area contributed by atoms with Crippen molar-refractivity contribution in [3.05, 3.63) is 53.8 Å². The number of benzene rings is 1. The van der Waals surface area contributed by atoms with Gasteiger partial charge in [-0.05, 0) is 35.7 Å². The summed E-state index contributed by atoms with van der Waals surface area (Å²) in [6.07, 6.45) is 1.69. The molecule has 3 aromatic rings. The van der Waals surface area contributed by atoms with Crippen LogP contribution in [-0.2, 0) is 0 Å². The Morgan fingerprint density at radius 1 is 1.12 bits per heavy atom. The van der Waals surface area contributed by atoms with E-state index in [9.17, 15) is 4.39 Å². The Hall–Kier alpha value is -1.94. The molecule has 0 radical (unpaired) electrons. The second-order valence-corrected chi connectivity index (χ2v) is 4.46. The number of aromatic nitrogens is 1. The van der Waals surface area contributed by atoms with Gasteiger partial charge in [0.1, 0.15) is 5.82 Å². The minimum absolute atomic E-state index is 0.265. The number of hydrogen-bond acceptors (Lipinski definition) is 3. The average molecular weight is 245 g/mol. The Balaban J connectivity index is 1.98. The third-order valence-electron chi connectivity index (χ3n) is 2.36. The van der Waals surface area contributed by atoms with Crippen LogP contribution in [0, 0.1) is 5.82 Å². The van der Waals surface area contributed by atoms with Crippen molar-refractivity contribution in [3.63, 3.8) is 0 Å². The first-order valence-electron chi connectivity index (χ1n) is 5.08. The van der Waals surface area contributed by atoms with E-state index in [1.807, 2.05) is 17.5 Å². The van der Waals surface area contributed by atoms with Crippen LogP contribution in [0.1, 0.15) is 0 Å². The Morgan fingerprint density at radius 2 is 1.94 bits per heavy atom. The average Bonchev–Trinajstić information content (AvgIpc) is 3.00. The molecule has 0 spiro atoms. The van der Waals surface area contributed by atoms with Crippen LogP contribution < -0.4 is 0 Å². The lowest BCUT2D eigenvalue weighted by Crippen LogP contribution is -1.77. The number of hydrogen-bond donors (Lipinski definition) is 0. The van der Waals surface area contributed by atoms with Crippen molar-refractivity contribution in [2.75, 3.05) is 0 Å². The summed E-state index contributed by atoms with van der Waals surface area (Å²) in [5.41, 5.74) is 0.772. The molecule has 0 saturated heterocycles. The molecule has 0 aliphatic carbocycles. The molecule has 2 heterocycles. The van der Waals surface area contributed by atoms with E-state index in [1.165, 1.54) is 12.1 Å². The van der Waals surface area contributed by atoms with Gasteiger partial charge in [0.05, 0.1) is 11.1 Å². The maximum Gasteiger partial charge on any atom is 0.226 e. The Labute approximate surface area is 101 Å². The van der Waals surface area contributed by atoms with Gasteiger partial charge in [-0.15, -0.1) is 11.3 Å². The third kappa shape index (κ3) is 1.99. The molecule has 4 heteroatoms. The number of nitrogens with zero attached hydrogens (tertiary/aromatic N) is 1. The highest BCUT2D eigenvalue weighted by molar-refractivity contribution is 7.13. The first kappa shape index (κ1) is 10.2. The van der Waals surface area contributed by atoms with E-state index in [4.69, 9.17) is 4.42 Å². The van der Waals surface area contributed by atoms with Gasteiger partial charge in [0.25, 0.3) is 0 Å². The largest absolute Gasteiger partial charge is 0.435 e. The number of rotatable bonds is 2. The van der Waals surface area contributed by atoms with Gasteiger partial charge in [0, 0.05) is 5.56 Å². The van der Waals surface area contributed by atoms with Gasteiger partial charge in [-0.25, -0.2) is 9.37 Å². The van der Waals surface area contributed by atoms with Crippen molar-refractivity contribution >= 4 is 11.3 Å². The first-order chi connectivity index (χ1) is 8.33. The van der Waals surface area contributed by atoms with Crippen LogP contribution in [0.5, 0.6) is 0 Å². The van der Waals surface area contributed by atoms with Crippen LogP contribution in [0.3, 0.4) is 0 Å². The zero-order chi connectivity index (χ0) is 11.7. The molecule has 17 heavy (non-hydrogen) atoms. The minimum atomic E-state index is -0.265. The zero-order valence-corrected chi connectivity index (χ0v) is 9.58. The van der Waals surface area contributed by atoms with Gasteiger partial charge < -0.3 is 4.42 Å². The zero-order valence-electron chi connectivity index (χ0n) is 8.76. The second-order valence-electron chi connectivity index (χ2n) is 3.51. The smallest absolute Gasteiger partial charge is 0.226 e. The standard InChI is InChI=1S/C13H8FNOS/c14-10-5-3-9(4-6-10)13-15-8-11(16-13)12-2-1-7-17-12/h1-8H. The van der Waals surface area contributed by atoms with Gasteiger partial charge in [0.2, 0.25) is 5.89 Å². The van der Waals surface area contributed by atoms with E-state index in [-0.39, 0.29) is 5.82 Å². The lowest BCUT2D eigenvalue weighted by molar-refractivity contribution is 0.589. The predicted octanol–water partition coefficient (Wildman–Crippen LogP) is 4.21. The van der Waals surface area contributed by atoms with E-state index in [2.05, 4.69) is 4.98 Å². The van der Waals surface area contributed by atoms with Crippen LogP contribution in [0.4, 0.5) is 4.39 Å². The summed E-state index contributed by atoms with van der Waals surface area (Å²) in [4.78, 5) is 5.22. The van der Waals surface area contributed by atoms with Gasteiger partial charge in [-0.1, -0.05) is 6.07 Å². The van der Waals surface area contributed by atoms with Crippen molar-refractivity contribution < 1.29 is 8.81 Å². The molecular formula is C13H8FNOS. The maximum absolute atomic E-state index is 12.8. The summed E-state index contributed by atoms with van der Waals surface area (Å²) < 4.78 is 18.4. The molecule has 0 atom stereocenters. The molecule has 0 aliphatic heterocycles. The Kier molecular flexibility index (Phi) is 2.49. The second kappa shape index (κ2) is 4.14. The molecule has 2 nitrogen and oxygen atoms in total. The fraction of sp³-hybridized carbons (Fsp3) is 0. The lowest BCUT2D eigenvalue weighted by Gasteiger charge is -1.94. The maximum atomic E-state index is 12.8. The fourth-order valence-corrected chi connectivity index (χ4v) is 2.20. The summed E-state index contributed by atoms with van der Waals surface area (Å²) in [6, 6.07) is 10.0. The highest BCUT2D eigenvalue weighted by atomic mass is 32.1. The summed E-state index contributed by atoms with van der Waals surface area (Å²) in [5.74, 6) is 0.978. The highest BCUT2D eigenvalue weighted by Gasteiger charge is 2.08. The summed E-state index contributed by atoms with van der Waals surface area (Å²) in [5, 5.41) is 1.98. The topological polar surface area (TPSA) is 26.0 Å². The van der Waals surface area contributed by atoms with Gasteiger partial charge in [-0.2, -0.15) is 0 Å². The molecule has 0 unspecified atom stereocenters. The summed E-state index contributed by atoms with van der Waals surface area (Å²) >= 11 is 1.59. The van der Waals surface area contributed by atoms with Crippen molar-refractivity contribution in [2.45, 2.75) is 0 Å². The lowest BCUT2D eigenvalue weighted by atomic mass is 10.2. The number of halogens is 1. The predicted molar refractivity (Wildman–Crippen MR) is 65.2 cm³/mol. The molecule has 0 fully saturated rings. The SMILES string of the molecule is Fc1ccc(-c2ncc(-c3cccs3)o2)cc1. The first-order valence-corrected chi connectivity index (χ1v) is 5.96. The van der Waals surface area contributed by atoms with E-state index in [1.54, 1.807) is 29.7 Å². The van der Waals surface area contributed by atoms with E-state index in [0.29, 0.717) is 5.89 Å². The van der Waals surface area contributed by atoms with E-state index in [0.717, 1.165) is 16.2 Å². The van der Waals surface area contributed by atoms with Crippen LogP contribution in [0.2, 0.25) is 0 Å². The molecule has 3 rings (SSSR count). The molecule has 84 valence electrons. The van der Waals surface area contributed by atoms with E-state index < -0.39 is 0 Å². The van der Waals surface area contributed by atoms with Gasteiger partial charge in [-0.3, -0.25) is 0 Å². The van der Waals surface area contributed by atoms with Crippen molar-refractivity contribution in [3.8, 4) is 22.1 Å². The fourth-order valence-electron chi connectivity index (χ4n) is 1.53. The van der Waals surface area contributed by atoms with Crippen molar-refractivity contribution in [1.29, 1.82) is 0 Å². The molecule has 0 amide bonds. The normalized spacial score (nSPS) is 10.6. The Bertz CT molecular complexity index is 613. The van der Waals surface area contributed by atoms with Gasteiger partial charge >= 0.3 is 0 Å². The van der Waals surface area contributed by atoms with E-state index >= 15 is 0 Å². The van der Waals surface area contributed by atoms with Crippen LogP contribution in [-0.4, -0.2) is 4.98 Å². The summed E-state index contributed by atoms with van der Waals surface area (Å²) in [7, 11) is 0. The summed E-state index contributed by atoms with van der Waals surface area (Å²) in [6.45, 7) is 0. The quantitative estimate of drug-likeness (QED) is 0.676. The number of oxazole rings is 1. The third-order valence-corrected chi connectivity index (χ3v) is 3.25. The van der Waals surface area contributed by atoms with Crippen LogP contribution >= 0.6 is 11.3 Å². The minimum Gasteiger partial charge on any atom is -0.435 e. The van der Waals surface area contributed by atoms with Gasteiger partial charge in [0.15, 0.2) is 5.76 Å². The number of thiophene rings is 1. The Morgan fingerprint density at radius 3 is 2.65 bits per heavy atom. The monoisotopic (exact) mass is 245 g/mol. The van der Waals surface area contributed by atoms with Crippen LogP contribution in [0.25, 0.3) is 22.1 Å². The van der Waals surface area contributed by atoms with Crippen molar-refractivity contribution in [2.24, 2.45) is 0 Å². The molecule has 2 aromatic heterocycles. The molecule has 0 saturated carbocycles. The van der Waals surface area contributed by atoms with Crippen LogP contribution in [0.15, 0.2) is 52.4 Å². The highest BCUT2D eigenvalue weighted by Crippen LogP contribution is 2.28. The van der Waals surface area contributed by atoms with Crippen molar-refractivity contribution in [1.82, 2.24) is 4.98 Å². The molecular weight excluding hydrogens is 237 g/mol.